The van der Waals surface area contributed by atoms with Crippen molar-refractivity contribution >= 4 is 44.8 Å². The molecule has 0 atom stereocenters. The molecule has 0 radical (unpaired) electrons. The number of aryl methyl sites for hydroxylation is 1. The summed E-state index contributed by atoms with van der Waals surface area (Å²) in [4.78, 5) is 8.29. The van der Waals surface area contributed by atoms with Crippen molar-refractivity contribution in [1.29, 1.82) is 0 Å². The maximum atomic E-state index is 6.18. The van der Waals surface area contributed by atoms with Crippen LogP contribution in [0.1, 0.15) is 18.1 Å². The van der Waals surface area contributed by atoms with Crippen molar-refractivity contribution in [1.82, 2.24) is 19.6 Å². The van der Waals surface area contributed by atoms with Crippen LogP contribution in [0.25, 0.3) is 5.78 Å². The van der Waals surface area contributed by atoms with Gasteiger partial charge < -0.3 is 5.32 Å². The maximum Gasteiger partial charge on any atom is 0.255 e. The Balaban J connectivity index is 2.14. The zero-order valence-corrected chi connectivity index (χ0v) is 13.9. The van der Waals surface area contributed by atoms with Crippen LogP contribution < -0.4 is 5.32 Å². The molecule has 0 spiro atoms. The summed E-state index contributed by atoms with van der Waals surface area (Å²) in [5.41, 5.74) is 3.05. The molecule has 0 amide bonds. The fourth-order valence-corrected chi connectivity index (χ4v) is 2.72. The highest BCUT2D eigenvalue weighted by Gasteiger charge is 2.13. The first-order valence-electron chi connectivity index (χ1n) is 6.51. The van der Waals surface area contributed by atoms with Gasteiger partial charge >= 0.3 is 0 Å². The van der Waals surface area contributed by atoms with E-state index >= 15 is 0 Å². The summed E-state index contributed by atoms with van der Waals surface area (Å²) < 4.78 is 2.71. The maximum absolute atomic E-state index is 6.18. The summed E-state index contributed by atoms with van der Waals surface area (Å²) in [7, 11) is 0. The third-order valence-corrected chi connectivity index (χ3v) is 4.17. The minimum Gasteiger partial charge on any atom is -0.340 e. The second-order valence-corrected chi connectivity index (χ2v) is 5.90. The molecule has 0 aliphatic heterocycles. The molecule has 0 aliphatic carbocycles. The van der Waals surface area contributed by atoms with Gasteiger partial charge in [0.1, 0.15) is 17.3 Å². The van der Waals surface area contributed by atoms with E-state index in [-0.39, 0.29) is 0 Å². The molecule has 5 nitrogen and oxygen atoms in total. The highest BCUT2D eigenvalue weighted by atomic mass is 79.9. The van der Waals surface area contributed by atoms with Crippen molar-refractivity contribution in [3.8, 4) is 0 Å². The van der Waals surface area contributed by atoms with Crippen molar-refractivity contribution in [3.63, 3.8) is 0 Å². The lowest BCUT2D eigenvalue weighted by Gasteiger charge is -2.14. The minimum absolute atomic E-state index is 0.424. The second-order valence-electron chi connectivity index (χ2n) is 4.63. The van der Waals surface area contributed by atoms with E-state index in [9.17, 15) is 0 Å². The van der Waals surface area contributed by atoms with E-state index in [1.807, 2.05) is 19.1 Å². The average molecular weight is 367 g/mol. The lowest BCUT2D eigenvalue weighted by Crippen LogP contribution is -2.06. The van der Waals surface area contributed by atoms with E-state index < -0.39 is 0 Å². The third kappa shape index (κ3) is 2.61. The molecule has 2 heterocycles. The van der Waals surface area contributed by atoms with Gasteiger partial charge in [-0.15, -0.1) is 0 Å². The van der Waals surface area contributed by atoms with Gasteiger partial charge in [-0.1, -0.05) is 34.5 Å². The van der Waals surface area contributed by atoms with Crippen molar-refractivity contribution in [3.05, 3.63) is 45.3 Å². The monoisotopic (exact) mass is 365 g/mol. The third-order valence-electron chi connectivity index (χ3n) is 3.31. The van der Waals surface area contributed by atoms with Crippen molar-refractivity contribution in [2.45, 2.75) is 20.3 Å². The quantitative estimate of drug-likeness (QED) is 0.707. The smallest absolute Gasteiger partial charge is 0.255 e. The number of nitrogens with zero attached hydrogens (tertiary/aromatic N) is 4. The molecule has 3 aromatic rings. The average Bonchev–Trinajstić information content (AvgIpc) is 2.92. The van der Waals surface area contributed by atoms with Gasteiger partial charge in [-0.2, -0.15) is 19.6 Å². The molecule has 0 saturated heterocycles. The second kappa shape index (κ2) is 5.61. The standard InChI is InChI=1S/C14H13BrClN5/c1-3-9-6-10(15)4-5-11(9)19-13-8(2)12(16)20-14-17-7-18-21(13)14/h4-7,19H,3H2,1-2H3. The molecule has 0 saturated carbocycles. The lowest BCUT2D eigenvalue weighted by atomic mass is 10.1. The number of halogens is 2. The van der Waals surface area contributed by atoms with E-state index in [2.05, 4.69) is 49.3 Å². The molecular weight excluding hydrogens is 354 g/mol. The highest BCUT2D eigenvalue weighted by molar-refractivity contribution is 9.10. The fraction of sp³-hybridized carbons (Fsp3) is 0.214. The molecule has 2 aromatic heterocycles. The van der Waals surface area contributed by atoms with Crippen LogP contribution >= 0.6 is 27.5 Å². The van der Waals surface area contributed by atoms with Gasteiger partial charge in [0, 0.05) is 15.7 Å². The van der Waals surface area contributed by atoms with Crippen LogP contribution in [-0.2, 0) is 6.42 Å². The van der Waals surface area contributed by atoms with Gasteiger partial charge in [0.05, 0.1) is 0 Å². The zero-order chi connectivity index (χ0) is 15.0. The van der Waals surface area contributed by atoms with Crippen LogP contribution in [0.15, 0.2) is 29.0 Å². The minimum atomic E-state index is 0.424. The zero-order valence-electron chi connectivity index (χ0n) is 11.6. The molecule has 0 bridgehead atoms. The Hall–Kier alpha value is -1.66. The molecule has 7 heteroatoms. The molecule has 108 valence electrons. The Labute approximate surface area is 135 Å². The predicted octanol–water partition coefficient (Wildman–Crippen LogP) is 4.15. The van der Waals surface area contributed by atoms with Gasteiger partial charge in [0.25, 0.3) is 5.78 Å². The number of anilines is 2. The molecule has 1 aromatic carbocycles. The number of aromatic nitrogens is 4. The van der Waals surface area contributed by atoms with Crippen molar-refractivity contribution < 1.29 is 0 Å². The van der Waals surface area contributed by atoms with E-state index in [1.54, 1.807) is 4.52 Å². The van der Waals surface area contributed by atoms with Crippen LogP contribution in [0.4, 0.5) is 11.5 Å². The van der Waals surface area contributed by atoms with Gasteiger partial charge in [-0.25, -0.2) is 0 Å². The van der Waals surface area contributed by atoms with Crippen molar-refractivity contribution in [2.24, 2.45) is 0 Å². The summed E-state index contributed by atoms with van der Waals surface area (Å²) in [6.07, 6.45) is 2.38. The van der Waals surface area contributed by atoms with Crippen LogP contribution in [0.3, 0.4) is 0 Å². The number of nitrogens with one attached hydrogen (secondary N) is 1. The van der Waals surface area contributed by atoms with Gasteiger partial charge in [0.2, 0.25) is 0 Å². The highest BCUT2D eigenvalue weighted by Crippen LogP contribution is 2.28. The Morgan fingerprint density at radius 2 is 2.19 bits per heavy atom. The summed E-state index contributed by atoms with van der Waals surface area (Å²) in [5, 5.41) is 8.03. The van der Waals surface area contributed by atoms with Gasteiger partial charge in [-0.05, 0) is 37.1 Å². The Morgan fingerprint density at radius 1 is 1.38 bits per heavy atom. The molecule has 21 heavy (non-hydrogen) atoms. The molecule has 0 fully saturated rings. The molecule has 0 aliphatic rings. The van der Waals surface area contributed by atoms with Crippen LogP contribution in [-0.4, -0.2) is 19.6 Å². The fourth-order valence-electron chi connectivity index (χ4n) is 2.15. The summed E-state index contributed by atoms with van der Waals surface area (Å²) >= 11 is 9.67. The first-order chi connectivity index (χ1) is 10.1. The Kier molecular flexibility index (Phi) is 3.82. The topological polar surface area (TPSA) is 55.1 Å². The first kappa shape index (κ1) is 14.3. The van der Waals surface area contributed by atoms with Crippen LogP contribution in [0.5, 0.6) is 0 Å². The lowest BCUT2D eigenvalue weighted by molar-refractivity contribution is 0.935. The summed E-state index contributed by atoms with van der Waals surface area (Å²) in [6, 6.07) is 6.12. The molecule has 1 N–H and O–H groups in total. The van der Waals surface area contributed by atoms with E-state index in [4.69, 9.17) is 11.6 Å². The van der Waals surface area contributed by atoms with E-state index in [0.717, 1.165) is 28.0 Å². The predicted molar refractivity (Wildman–Crippen MR) is 87.3 cm³/mol. The molecule has 3 rings (SSSR count). The first-order valence-corrected chi connectivity index (χ1v) is 7.68. The van der Waals surface area contributed by atoms with Crippen molar-refractivity contribution in [2.75, 3.05) is 5.32 Å². The SMILES string of the molecule is CCc1cc(Br)ccc1Nc1c(C)c(Cl)nc2ncnn12. The Morgan fingerprint density at radius 3 is 2.95 bits per heavy atom. The van der Waals surface area contributed by atoms with E-state index in [1.165, 1.54) is 11.9 Å². The number of hydrogen-bond donors (Lipinski definition) is 1. The largest absolute Gasteiger partial charge is 0.340 e. The normalized spacial score (nSPS) is 11.0. The van der Waals surface area contributed by atoms with Crippen LogP contribution in [0.2, 0.25) is 5.15 Å². The van der Waals surface area contributed by atoms with Gasteiger partial charge in [0.15, 0.2) is 0 Å². The number of benzene rings is 1. The summed E-state index contributed by atoms with van der Waals surface area (Å²) in [6.45, 7) is 4.02. The van der Waals surface area contributed by atoms with Crippen LogP contribution in [0, 0.1) is 6.92 Å². The number of fused-ring (bicyclic) bond motifs is 1. The molecule has 0 unspecified atom stereocenters. The number of rotatable bonds is 3. The van der Waals surface area contributed by atoms with Gasteiger partial charge in [-0.3, -0.25) is 0 Å². The molecular formula is C14H13BrClN5. The summed E-state index contributed by atoms with van der Waals surface area (Å²) in [5.74, 6) is 1.25. The Bertz CT molecular complexity index is 814. The number of hydrogen-bond acceptors (Lipinski definition) is 4. The van der Waals surface area contributed by atoms with E-state index in [0.29, 0.717) is 10.9 Å².